The number of thiol groups is 1. The molecule has 2 aromatic rings. The fourth-order valence-corrected chi connectivity index (χ4v) is 2.02. The maximum atomic E-state index is 8.87. The predicted molar refractivity (Wildman–Crippen MR) is 57.3 cm³/mol. The van der Waals surface area contributed by atoms with Crippen LogP contribution >= 0.6 is 24.0 Å². The van der Waals surface area contributed by atoms with Gasteiger partial charge in [-0.25, -0.2) is 0 Å². The van der Waals surface area contributed by atoms with Gasteiger partial charge in [0.15, 0.2) is 4.34 Å². The Hall–Kier alpha value is -1.38. The zero-order valence-electron chi connectivity index (χ0n) is 7.01. The van der Waals surface area contributed by atoms with Crippen molar-refractivity contribution in [1.29, 1.82) is 5.26 Å². The van der Waals surface area contributed by atoms with Crippen LogP contribution in [0.2, 0.25) is 0 Å². The van der Waals surface area contributed by atoms with Crippen molar-refractivity contribution in [2.45, 2.75) is 4.34 Å². The molecular formula is C9H5N3S2. The lowest BCUT2D eigenvalue weighted by Crippen LogP contribution is -1.82. The molecule has 1 heterocycles. The number of nitrogens with zero attached hydrogens (tertiary/aromatic N) is 3. The van der Waals surface area contributed by atoms with Crippen LogP contribution in [0.15, 0.2) is 28.6 Å². The molecule has 0 aliphatic rings. The third kappa shape index (κ3) is 1.62. The van der Waals surface area contributed by atoms with Crippen LogP contribution < -0.4 is 0 Å². The van der Waals surface area contributed by atoms with Crippen LogP contribution in [0.3, 0.4) is 0 Å². The highest BCUT2D eigenvalue weighted by Gasteiger charge is 2.08. The van der Waals surface area contributed by atoms with Crippen LogP contribution in [-0.4, -0.2) is 10.2 Å². The highest BCUT2D eigenvalue weighted by atomic mass is 32.2. The van der Waals surface area contributed by atoms with E-state index in [0.29, 0.717) is 9.90 Å². The summed E-state index contributed by atoms with van der Waals surface area (Å²) < 4.78 is 0.604. The lowest BCUT2D eigenvalue weighted by atomic mass is 10.1. The van der Waals surface area contributed by atoms with Crippen molar-refractivity contribution in [3.8, 4) is 16.6 Å². The van der Waals surface area contributed by atoms with E-state index in [1.165, 1.54) is 11.3 Å². The second kappa shape index (κ2) is 3.78. The minimum Gasteiger partial charge on any atom is -0.192 e. The fraction of sp³-hybridized carbons (Fsp3) is 0. The van der Waals surface area contributed by atoms with Crippen molar-refractivity contribution in [2.75, 3.05) is 0 Å². The molecule has 1 aromatic heterocycles. The van der Waals surface area contributed by atoms with Crippen molar-refractivity contribution in [1.82, 2.24) is 10.2 Å². The maximum absolute atomic E-state index is 8.87. The van der Waals surface area contributed by atoms with Gasteiger partial charge in [-0.15, -0.1) is 22.8 Å². The molecule has 0 fully saturated rings. The summed E-state index contributed by atoms with van der Waals surface area (Å²) >= 11 is 5.44. The molecule has 0 aliphatic heterocycles. The Bertz CT molecular complexity index is 499. The summed E-state index contributed by atoms with van der Waals surface area (Å²) in [6.45, 7) is 0. The number of hydrogen-bond donors (Lipinski definition) is 1. The molecule has 68 valence electrons. The van der Waals surface area contributed by atoms with Crippen LogP contribution in [0.25, 0.3) is 10.6 Å². The second-order valence-corrected chi connectivity index (χ2v) is 4.25. The third-order valence-corrected chi connectivity index (χ3v) is 2.81. The van der Waals surface area contributed by atoms with Crippen molar-refractivity contribution in [3.63, 3.8) is 0 Å². The van der Waals surface area contributed by atoms with Crippen molar-refractivity contribution < 1.29 is 0 Å². The first-order valence-electron chi connectivity index (χ1n) is 3.83. The van der Waals surface area contributed by atoms with Crippen LogP contribution in [0.4, 0.5) is 0 Å². The molecule has 0 aliphatic carbocycles. The van der Waals surface area contributed by atoms with Gasteiger partial charge in [-0.05, 0) is 6.07 Å². The normalized spacial score (nSPS) is 9.71. The van der Waals surface area contributed by atoms with Gasteiger partial charge in [-0.2, -0.15) is 5.26 Å². The van der Waals surface area contributed by atoms with Crippen LogP contribution in [0.5, 0.6) is 0 Å². The lowest BCUT2D eigenvalue weighted by Gasteiger charge is -1.96. The Morgan fingerprint density at radius 3 is 2.71 bits per heavy atom. The molecule has 0 atom stereocenters. The van der Waals surface area contributed by atoms with E-state index in [-0.39, 0.29) is 0 Å². The fourth-order valence-electron chi connectivity index (χ4n) is 1.09. The summed E-state index contributed by atoms with van der Waals surface area (Å²) in [7, 11) is 0. The second-order valence-electron chi connectivity index (χ2n) is 2.55. The Balaban J connectivity index is 2.57. The molecule has 14 heavy (non-hydrogen) atoms. The standard InChI is InChI=1S/C9H5N3S2/c10-5-6-3-1-2-4-7(6)8-11-12-9(13)14-8/h1-4H,(H,12,13). The van der Waals surface area contributed by atoms with E-state index in [1.54, 1.807) is 6.07 Å². The first kappa shape index (κ1) is 9.19. The molecule has 2 rings (SSSR count). The third-order valence-electron chi connectivity index (χ3n) is 1.69. The lowest BCUT2D eigenvalue weighted by molar-refractivity contribution is 1.02. The Labute approximate surface area is 90.4 Å². The molecule has 0 N–H and O–H groups in total. The van der Waals surface area contributed by atoms with Crippen molar-refractivity contribution in [2.24, 2.45) is 0 Å². The molecule has 0 spiro atoms. The van der Waals surface area contributed by atoms with Crippen molar-refractivity contribution in [3.05, 3.63) is 29.8 Å². The summed E-state index contributed by atoms with van der Waals surface area (Å²) in [5, 5.41) is 17.3. The van der Waals surface area contributed by atoms with E-state index in [2.05, 4.69) is 28.9 Å². The van der Waals surface area contributed by atoms with Gasteiger partial charge in [0, 0.05) is 5.56 Å². The first-order chi connectivity index (χ1) is 6.81. The van der Waals surface area contributed by atoms with E-state index in [9.17, 15) is 0 Å². The minimum absolute atomic E-state index is 0.604. The summed E-state index contributed by atoms with van der Waals surface area (Å²) in [6, 6.07) is 9.42. The van der Waals surface area contributed by atoms with E-state index < -0.39 is 0 Å². The van der Waals surface area contributed by atoms with Crippen LogP contribution in [0.1, 0.15) is 5.56 Å². The summed E-state index contributed by atoms with van der Waals surface area (Å²) in [5.41, 5.74) is 1.42. The van der Waals surface area contributed by atoms with Gasteiger partial charge in [0.25, 0.3) is 0 Å². The quantitative estimate of drug-likeness (QED) is 0.749. The topological polar surface area (TPSA) is 49.6 Å². The number of aromatic nitrogens is 2. The average Bonchev–Trinajstić information content (AvgIpc) is 2.65. The molecule has 0 bridgehead atoms. The Kier molecular flexibility index (Phi) is 2.48. The molecule has 0 unspecified atom stereocenters. The van der Waals surface area contributed by atoms with Gasteiger partial charge >= 0.3 is 0 Å². The predicted octanol–water partition coefficient (Wildman–Crippen LogP) is 2.37. The van der Waals surface area contributed by atoms with Gasteiger partial charge in [0.2, 0.25) is 0 Å². The number of nitriles is 1. The number of benzene rings is 1. The van der Waals surface area contributed by atoms with E-state index in [0.717, 1.165) is 10.6 Å². The van der Waals surface area contributed by atoms with Gasteiger partial charge in [-0.1, -0.05) is 29.5 Å². The van der Waals surface area contributed by atoms with E-state index >= 15 is 0 Å². The minimum atomic E-state index is 0.604. The highest BCUT2D eigenvalue weighted by Crippen LogP contribution is 2.27. The number of rotatable bonds is 1. The van der Waals surface area contributed by atoms with E-state index in [4.69, 9.17) is 5.26 Å². The molecule has 0 saturated carbocycles. The monoisotopic (exact) mass is 219 g/mol. The molecule has 0 radical (unpaired) electrons. The zero-order chi connectivity index (χ0) is 9.97. The van der Waals surface area contributed by atoms with Gasteiger partial charge in [0.1, 0.15) is 5.01 Å². The maximum Gasteiger partial charge on any atom is 0.171 e. The molecular weight excluding hydrogens is 214 g/mol. The number of hydrogen-bond acceptors (Lipinski definition) is 5. The summed E-state index contributed by atoms with van der Waals surface area (Å²) in [4.78, 5) is 0. The molecule has 1 aromatic carbocycles. The zero-order valence-corrected chi connectivity index (χ0v) is 8.72. The summed E-state index contributed by atoms with van der Waals surface area (Å²) in [5.74, 6) is 0. The Morgan fingerprint density at radius 1 is 1.29 bits per heavy atom. The first-order valence-corrected chi connectivity index (χ1v) is 5.09. The smallest absolute Gasteiger partial charge is 0.171 e. The largest absolute Gasteiger partial charge is 0.192 e. The van der Waals surface area contributed by atoms with Crippen LogP contribution in [0, 0.1) is 11.3 Å². The van der Waals surface area contributed by atoms with E-state index in [1.807, 2.05) is 18.2 Å². The van der Waals surface area contributed by atoms with Gasteiger partial charge in [-0.3, -0.25) is 0 Å². The highest BCUT2D eigenvalue weighted by molar-refractivity contribution is 7.82. The van der Waals surface area contributed by atoms with Gasteiger partial charge in [0.05, 0.1) is 11.6 Å². The Morgan fingerprint density at radius 2 is 2.07 bits per heavy atom. The SMILES string of the molecule is N#Cc1ccccc1-c1nnc(S)s1. The molecule has 0 amide bonds. The molecule has 0 saturated heterocycles. The molecule has 3 nitrogen and oxygen atoms in total. The molecule has 5 heteroatoms. The van der Waals surface area contributed by atoms with Crippen molar-refractivity contribution >= 4 is 24.0 Å². The average molecular weight is 219 g/mol. The van der Waals surface area contributed by atoms with Gasteiger partial charge < -0.3 is 0 Å². The summed E-state index contributed by atoms with van der Waals surface area (Å²) in [6.07, 6.45) is 0. The van der Waals surface area contributed by atoms with Crippen LogP contribution in [-0.2, 0) is 0 Å².